The third-order valence-corrected chi connectivity index (χ3v) is 0. The fourth-order valence-electron chi connectivity index (χ4n) is 0. The minimum absolute atomic E-state index is 1.11. The minimum atomic E-state index is -1.11. The Bertz CT molecular complexity index is 31.0. The van der Waals surface area contributed by atoms with Crippen LogP contribution in [0.15, 0.2) is 0 Å². The highest BCUT2D eigenvalue weighted by Crippen LogP contribution is 1.36. The molecule has 0 heterocycles. The highest BCUT2D eigenvalue weighted by molar-refractivity contribution is 7.81. The van der Waals surface area contributed by atoms with Crippen LogP contribution in [-0.4, -0.2) is 10.5 Å². The summed E-state index contributed by atoms with van der Waals surface area (Å²) in [4.78, 5) is 0. The molecule has 0 aliphatic rings. The molecule has 2 nitrogen and oxygen atoms in total. The molecule has 0 bridgehead atoms. The molecular weight excluding hydrogens is 74.1 g/mol. The predicted octanol–water partition coefficient (Wildman–Crippen LogP) is -0.761. The molecule has 0 fully saturated rings. The Balaban J connectivity index is 2.80. The molecular formula is CH5NOS. The highest BCUT2D eigenvalue weighted by Gasteiger charge is 1.56. The maximum atomic E-state index is 9.33. The van der Waals surface area contributed by atoms with Crippen LogP contribution in [0.1, 0.15) is 0 Å². The molecule has 0 aromatic heterocycles. The van der Waals surface area contributed by atoms with Crippen LogP contribution in [0.5, 0.6) is 0 Å². The van der Waals surface area contributed by atoms with Gasteiger partial charge < -0.3 is 0 Å². The lowest BCUT2D eigenvalue weighted by Crippen LogP contribution is -1.95. The van der Waals surface area contributed by atoms with E-state index in [1.165, 1.54) is 6.26 Å². The molecule has 1 unspecified atom stereocenters. The largest absolute Gasteiger partial charge is 0.252 e. The van der Waals surface area contributed by atoms with Crippen LogP contribution >= 0.6 is 0 Å². The zero-order chi connectivity index (χ0) is 3.58. The van der Waals surface area contributed by atoms with Crippen LogP contribution in [0.2, 0.25) is 0 Å². The first-order valence-electron chi connectivity index (χ1n) is 0.811. The van der Waals surface area contributed by atoms with Crippen LogP contribution in [0.4, 0.5) is 0 Å². The molecule has 0 aliphatic heterocycles. The van der Waals surface area contributed by atoms with E-state index in [-0.39, 0.29) is 0 Å². The lowest BCUT2D eigenvalue weighted by molar-refractivity contribution is 0.688. The van der Waals surface area contributed by atoms with Gasteiger partial charge in [-0.05, 0) is 0 Å². The van der Waals surface area contributed by atoms with E-state index in [4.69, 9.17) is 0 Å². The maximum absolute atomic E-state index is 9.33. The monoisotopic (exact) mass is 79.0 g/mol. The Morgan fingerprint density at radius 1 is 2.00 bits per heavy atom. The summed E-state index contributed by atoms with van der Waals surface area (Å²) < 4.78 is 9.33. The molecule has 0 aromatic carbocycles. The molecule has 3 heteroatoms. The predicted molar refractivity (Wildman–Crippen MR) is 18.3 cm³/mol. The molecule has 0 saturated carbocycles. The van der Waals surface area contributed by atoms with Crippen molar-refractivity contribution in [2.24, 2.45) is 5.14 Å². The molecule has 0 aromatic rings. The summed E-state index contributed by atoms with van der Waals surface area (Å²) in [5.41, 5.74) is 0. The van der Waals surface area contributed by atoms with E-state index in [0.717, 1.165) is 0 Å². The van der Waals surface area contributed by atoms with E-state index in [0.29, 0.717) is 0 Å². The van der Waals surface area contributed by atoms with Gasteiger partial charge in [0.05, 0.1) is 11.0 Å². The molecule has 0 radical (unpaired) electrons. The zero-order valence-electron chi connectivity index (χ0n) is 2.39. The lowest BCUT2D eigenvalue weighted by Gasteiger charge is -1.62. The van der Waals surface area contributed by atoms with Gasteiger partial charge in [0.15, 0.2) is 0 Å². The van der Waals surface area contributed by atoms with E-state index in [2.05, 4.69) is 5.14 Å². The van der Waals surface area contributed by atoms with Crippen molar-refractivity contribution in [1.29, 1.82) is 0 Å². The molecule has 0 spiro atoms. The van der Waals surface area contributed by atoms with Crippen LogP contribution in [0.25, 0.3) is 0 Å². The topological polar surface area (TPSA) is 43.1 Å². The number of rotatable bonds is 0. The highest BCUT2D eigenvalue weighted by atomic mass is 32.2. The first-order valence-corrected chi connectivity index (χ1v) is 2.43. The third-order valence-electron chi connectivity index (χ3n) is 0. The second-order valence-corrected chi connectivity index (χ2v) is 1.50. The summed E-state index contributed by atoms with van der Waals surface area (Å²) in [5, 5.41) is 4.58. The van der Waals surface area contributed by atoms with E-state index >= 15 is 0 Å². The van der Waals surface area contributed by atoms with Crippen LogP contribution in [0, 0.1) is 0 Å². The molecule has 0 amide bonds. The summed E-state index contributed by atoms with van der Waals surface area (Å²) >= 11 is 0. The fraction of sp³-hybridized carbons (Fsp3) is 1.00. The first-order chi connectivity index (χ1) is 1.73. The molecule has 0 rings (SSSR count). The quantitative estimate of drug-likeness (QED) is 0.407. The normalized spacial score (nSPS) is 15.5. The summed E-state index contributed by atoms with van der Waals surface area (Å²) in [6.07, 6.45) is 1.42. The Morgan fingerprint density at radius 2 is 2.00 bits per heavy atom. The zero-order valence-corrected chi connectivity index (χ0v) is 3.21. The molecule has 4 heavy (non-hydrogen) atoms. The van der Waals surface area contributed by atoms with Crippen molar-refractivity contribution in [1.82, 2.24) is 0 Å². The number of hydrogen-bond acceptors (Lipinski definition) is 1. The van der Waals surface area contributed by atoms with Gasteiger partial charge in [-0.1, -0.05) is 0 Å². The maximum Gasteiger partial charge on any atom is 0.0856 e. The van der Waals surface area contributed by atoms with Gasteiger partial charge in [-0.25, -0.2) is 4.21 Å². The molecule has 0 saturated heterocycles. The average molecular weight is 79.1 g/mol. The summed E-state index contributed by atoms with van der Waals surface area (Å²) in [6, 6.07) is 0. The lowest BCUT2D eigenvalue weighted by atomic mass is 12.0. The molecule has 2 N–H and O–H groups in total. The van der Waals surface area contributed by atoms with Crippen molar-refractivity contribution in [3.63, 3.8) is 0 Å². The minimum Gasteiger partial charge on any atom is -0.252 e. The Labute approximate surface area is 27.6 Å². The van der Waals surface area contributed by atoms with Gasteiger partial charge in [0, 0.05) is 6.26 Å². The molecule has 26 valence electrons. The van der Waals surface area contributed by atoms with Crippen LogP contribution in [-0.2, 0) is 11.0 Å². The molecule has 1 atom stereocenters. The third kappa shape index (κ3) is 215. The van der Waals surface area contributed by atoms with Gasteiger partial charge in [-0.15, -0.1) is 0 Å². The Kier molecular flexibility index (Phi) is 1.47. The number of hydrogen-bond donors (Lipinski definition) is 1. The van der Waals surface area contributed by atoms with Gasteiger partial charge in [-0.3, -0.25) is 5.14 Å². The SMILES string of the molecule is CS(N)=O. The van der Waals surface area contributed by atoms with Gasteiger partial charge in [0.25, 0.3) is 0 Å². The van der Waals surface area contributed by atoms with E-state index in [1.54, 1.807) is 0 Å². The summed E-state index contributed by atoms with van der Waals surface area (Å²) in [6.45, 7) is 0. The van der Waals surface area contributed by atoms with Gasteiger partial charge in [-0.2, -0.15) is 0 Å². The number of nitrogens with two attached hydrogens (primary N) is 1. The molecule has 0 aliphatic carbocycles. The second-order valence-electron chi connectivity index (χ2n) is 0.499. The van der Waals surface area contributed by atoms with Crippen molar-refractivity contribution in [3.8, 4) is 0 Å². The second kappa shape index (κ2) is 1.43. The van der Waals surface area contributed by atoms with E-state index in [9.17, 15) is 4.21 Å². The van der Waals surface area contributed by atoms with Gasteiger partial charge in [0.2, 0.25) is 0 Å². The summed E-state index contributed by atoms with van der Waals surface area (Å²) in [7, 11) is -1.11. The van der Waals surface area contributed by atoms with Crippen LogP contribution in [0.3, 0.4) is 0 Å². The van der Waals surface area contributed by atoms with Gasteiger partial charge in [0.1, 0.15) is 0 Å². The van der Waals surface area contributed by atoms with Crippen molar-refractivity contribution < 1.29 is 4.21 Å². The van der Waals surface area contributed by atoms with Crippen LogP contribution < -0.4 is 5.14 Å². The van der Waals surface area contributed by atoms with E-state index in [1.807, 2.05) is 0 Å². The standard InChI is InChI=1S/CH5NOS/c1-4(2)3/h2H2,1H3. The van der Waals surface area contributed by atoms with Crippen molar-refractivity contribution in [3.05, 3.63) is 0 Å². The van der Waals surface area contributed by atoms with Crippen molar-refractivity contribution in [2.45, 2.75) is 0 Å². The summed E-state index contributed by atoms with van der Waals surface area (Å²) in [5.74, 6) is 0. The van der Waals surface area contributed by atoms with E-state index < -0.39 is 11.0 Å². The van der Waals surface area contributed by atoms with Gasteiger partial charge >= 0.3 is 0 Å². The Hall–Kier alpha value is 0.110. The Morgan fingerprint density at radius 3 is 2.00 bits per heavy atom. The fourth-order valence-corrected chi connectivity index (χ4v) is 0. The smallest absolute Gasteiger partial charge is 0.0856 e. The van der Waals surface area contributed by atoms with Crippen molar-refractivity contribution >= 4 is 11.0 Å². The first kappa shape index (κ1) is 4.11. The average Bonchev–Trinajstić information content (AvgIpc) is 0.811. The van der Waals surface area contributed by atoms with Crippen molar-refractivity contribution in [2.75, 3.05) is 6.26 Å².